The summed E-state index contributed by atoms with van der Waals surface area (Å²) in [6, 6.07) is 1.70. The lowest BCUT2D eigenvalue weighted by Crippen LogP contribution is -2.51. The van der Waals surface area contributed by atoms with Gasteiger partial charge in [-0.1, -0.05) is 0 Å². The summed E-state index contributed by atoms with van der Waals surface area (Å²) in [7, 11) is 0. The Morgan fingerprint density at radius 2 is 1.76 bits per heavy atom. The first-order valence-electron chi connectivity index (χ1n) is 6.70. The molecule has 21 heavy (non-hydrogen) atoms. The lowest BCUT2D eigenvalue weighted by molar-refractivity contribution is -0.149. The van der Waals surface area contributed by atoms with E-state index in [0.29, 0.717) is 11.4 Å². The van der Waals surface area contributed by atoms with Crippen LogP contribution in [-0.2, 0) is 4.79 Å². The highest BCUT2D eigenvalue weighted by molar-refractivity contribution is 5.99. The van der Waals surface area contributed by atoms with Crippen LogP contribution >= 0.6 is 0 Å². The fourth-order valence-electron chi connectivity index (χ4n) is 2.00. The number of hydrogen-bond acceptors (Lipinski definition) is 4. The summed E-state index contributed by atoms with van der Waals surface area (Å²) in [5.41, 5.74) is 5.61. The van der Waals surface area contributed by atoms with Crippen LogP contribution in [0.2, 0.25) is 0 Å². The third-order valence-electron chi connectivity index (χ3n) is 4.12. The molecule has 0 radical (unpaired) electrons. The van der Waals surface area contributed by atoms with E-state index in [2.05, 4.69) is 10.3 Å². The molecular formula is C15H23N3O3. The van der Waals surface area contributed by atoms with Crippen LogP contribution in [0, 0.1) is 19.3 Å². The summed E-state index contributed by atoms with van der Waals surface area (Å²) in [6.45, 7) is 10.3. The summed E-state index contributed by atoms with van der Waals surface area (Å²) < 4.78 is 0. The summed E-state index contributed by atoms with van der Waals surface area (Å²) >= 11 is 0. The number of primary amides is 1. The molecule has 6 nitrogen and oxygen atoms in total. The molecule has 0 saturated heterocycles. The van der Waals surface area contributed by atoms with Gasteiger partial charge in [-0.15, -0.1) is 0 Å². The third kappa shape index (κ3) is 3.15. The highest BCUT2D eigenvalue weighted by Crippen LogP contribution is 2.35. The van der Waals surface area contributed by atoms with E-state index in [-0.39, 0.29) is 5.56 Å². The van der Waals surface area contributed by atoms with E-state index >= 15 is 0 Å². The van der Waals surface area contributed by atoms with Crippen molar-refractivity contribution in [1.29, 1.82) is 0 Å². The number of aliphatic carboxylic acids is 1. The minimum absolute atomic E-state index is 0.287. The Balaban J connectivity index is 3.37. The predicted octanol–water partition coefficient (Wildman–Crippen LogP) is 2.10. The molecule has 1 aromatic rings. The fraction of sp³-hybridized carbons (Fsp3) is 0.533. The second kappa shape index (κ2) is 5.35. The van der Waals surface area contributed by atoms with Crippen molar-refractivity contribution in [1.82, 2.24) is 4.98 Å². The maximum Gasteiger partial charge on any atom is 0.311 e. The lowest BCUT2D eigenvalue weighted by atomic mass is 9.74. The Bertz CT molecular complexity index is 592. The maximum absolute atomic E-state index is 11.6. The lowest BCUT2D eigenvalue weighted by Gasteiger charge is -2.40. The van der Waals surface area contributed by atoms with Crippen molar-refractivity contribution in [2.45, 2.75) is 47.1 Å². The minimum atomic E-state index is -1.05. The molecule has 116 valence electrons. The first-order valence-corrected chi connectivity index (χ1v) is 6.70. The standard InChI is InChI=1S/C15H23N3O3/c1-8-7-10(11(12(16)19)9(2)17-8)18-15(5,6)14(3,4)13(20)21/h7H,1-6H3,(H2,16,19)(H,17,18)(H,20,21). The normalized spacial score (nSPS) is 12.1. The number of aromatic nitrogens is 1. The van der Waals surface area contributed by atoms with E-state index in [0.717, 1.165) is 5.69 Å². The van der Waals surface area contributed by atoms with Crippen LogP contribution in [0.25, 0.3) is 0 Å². The highest BCUT2D eigenvalue weighted by Gasteiger charge is 2.44. The van der Waals surface area contributed by atoms with Gasteiger partial charge in [0, 0.05) is 11.2 Å². The molecule has 6 heteroatoms. The molecule has 0 bridgehead atoms. The van der Waals surface area contributed by atoms with Gasteiger partial charge in [0.1, 0.15) is 0 Å². The molecule has 1 rings (SSSR count). The third-order valence-corrected chi connectivity index (χ3v) is 4.12. The zero-order valence-corrected chi connectivity index (χ0v) is 13.4. The van der Waals surface area contributed by atoms with E-state index in [1.165, 1.54) is 0 Å². The van der Waals surface area contributed by atoms with Crippen LogP contribution in [0.3, 0.4) is 0 Å². The number of carboxylic acid groups (broad SMARTS) is 1. The van der Waals surface area contributed by atoms with Gasteiger partial charge < -0.3 is 16.2 Å². The van der Waals surface area contributed by atoms with Gasteiger partial charge in [0.2, 0.25) is 0 Å². The molecule has 0 fully saturated rings. The van der Waals surface area contributed by atoms with Gasteiger partial charge in [-0.3, -0.25) is 14.6 Å². The molecule has 0 unspecified atom stereocenters. The van der Waals surface area contributed by atoms with E-state index in [4.69, 9.17) is 5.73 Å². The predicted molar refractivity (Wildman–Crippen MR) is 81.3 cm³/mol. The van der Waals surface area contributed by atoms with Crippen molar-refractivity contribution in [3.8, 4) is 0 Å². The van der Waals surface area contributed by atoms with Crippen LogP contribution < -0.4 is 11.1 Å². The van der Waals surface area contributed by atoms with Crippen molar-refractivity contribution in [2.75, 3.05) is 5.32 Å². The topological polar surface area (TPSA) is 105 Å². The van der Waals surface area contributed by atoms with E-state index < -0.39 is 22.8 Å². The molecule has 1 aromatic heterocycles. The molecule has 0 saturated carbocycles. The van der Waals surface area contributed by atoms with Gasteiger partial charge >= 0.3 is 5.97 Å². The first kappa shape index (κ1) is 16.9. The molecular weight excluding hydrogens is 270 g/mol. The highest BCUT2D eigenvalue weighted by atomic mass is 16.4. The molecule has 0 aliphatic carbocycles. The molecule has 1 heterocycles. The SMILES string of the molecule is Cc1cc(NC(C)(C)C(C)(C)C(=O)O)c(C(N)=O)c(C)n1. The fourth-order valence-corrected chi connectivity index (χ4v) is 2.00. The maximum atomic E-state index is 11.6. The molecule has 1 amide bonds. The summed E-state index contributed by atoms with van der Waals surface area (Å²) in [5.74, 6) is -1.52. The number of anilines is 1. The Morgan fingerprint density at radius 3 is 2.19 bits per heavy atom. The second-order valence-electron chi connectivity index (χ2n) is 6.32. The Kier molecular flexibility index (Phi) is 4.32. The molecule has 0 aliphatic rings. The largest absolute Gasteiger partial charge is 0.481 e. The smallest absolute Gasteiger partial charge is 0.311 e. The van der Waals surface area contributed by atoms with Crippen molar-refractivity contribution in [3.05, 3.63) is 23.0 Å². The van der Waals surface area contributed by atoms with Gasteiger partial charge in [-0.25, -0.2) is 0 Å². The number of carboxylic acids is 1. The van der Waals surface area contributed by atoms with Gasteiger partial charge in [-0.05, 0) is 47.6 Å². The summed E-state index contributed by atoms with van der Waals surface area (Å²) in [6.07, 6.45) is 0. The average molecular weight is 293 g/mol. The Morgan fingerprint density at radius 1 is 1.24 bits per heavy atom. The van der Waals surface area contributed by atoms with Crippen LogP contribution in [0.15, 0.2) is 6.07 Å². The van der Waals surface area contributed by atoms with Gasteiger partial charge in [0.15, 0.2) is 0 Å². The number of rotatable bonds is 5. The number of pyridine rings is 1. The summed E-state index contributed by atoms with van der Waals surface area (Å²) in [4.78, 5) is 27.3. The van der Waals surface area contributed by atoms with E-state index in [9.17, 15) is 14.7 Å². The number of nitrogens with two attached hydrogens (primary N) is 1. The first-order chi connectivity index (χ1) is 9.40. The van der Waals surface area contributed by atoms with Crippen LogP contribution in [0.5, 0.6) is 0 Å². The van der Waals surface area contributed by atoms with Crippen molar-refractivity contribution in [2.24, 2.45) is 11.1 Å². The Hall–Kier alpha value is -2.11. The summed E-state index contributed by atoms with van der Waals surface area (Å²) in [5, 5.41) is 12.5. The van der Waals surface area contributed by atoms with Crippen LogP contribution in [0.4, 0.5) is 5.69 Å². The number of nitrogens with one attached hydrogen (secondary N) is 1. The zero-order chi connectivity index (χ0) is 16.6. The molecule has 4 N–H and O–H groups in total. The number of amides is 1. The van der Waals surface area contributed by atoms with Gasteiger partial charge in [-0.2, -0.15) is 0 Å². The second-order valence-corrected chi connectivity index (χ2v) is 6.32. The molecule has 0 aliphatic heterocycles. The van der Waals surface area contributed by atoms with E-state index in [1.807, 2.05) is 0 Å². The van der Waals surface area contributed by atoms with Crippen molar-refractivity contribution < 1.29 is 14.7 Å². The number of carbonyl (C=O) groups excluding carboxylic acids is 1. The van der Waals surface area contributed by atoms with E-state index in [1.54, 1.807) is 47.6 Å². The molecule has 0 aromatic carbocycles. The zero-order valence-electron chi connectivity index (χ0n) is 13.4. The number of nitrogens with zero attached hydrogens (tertiary/aromatic N) is 1. The van der Waals surface area contributed by atoms with Gasteiger partial charge in [0.05, 0.1) is 22.4 Å². The average Bonchev–Trinajstić information content (AvgIpc) is 2.25. The number of aryl methyl sites for hydroxylation is 2. The van der Waals surface area contributed by atoms with Crippen molar-refractivity contribution >= 4 is 17.6 Å². The van der Waals surface area contributed by atoms with Crippen LogP contribution in [-0.4, -0.2) is 27.5 Å². The number of hydrogen-bond donors (Lipinski definition) is 3. The minimum Gasteiger partial charge on any atom is -0.481 e. The monoisotopic (exact) mass is 293 g/mol. The Labute approximate surface area is 124 Å². The van der Waals surface area contributed by atoms with Gasteiger partial charge in [0.25, 0.3) is 5.91 Å². The molecule has 0 atom stereocenters. The molecule has 0 spiro atoms. The quantitative estimate of drug-likeness (QED) is 0.771. The van der Waals surface area contributed by atoms with Crippen molar-refractivity contribution in [3.63, 3.8) is 0 Å². The number of carbonyl (C=O) groups is 2. The van der Waals surface area contributed by atoms with Crippen LogP contribution in [0.1, 0.15) is 49.4 Å².